The number of hydrogen-bond donors (Lipinski definition) is 0. The van der Waals surface area contributed by atoms with E-state index in [2.05, 4.69) is 89.4 Å². The van der Waals surface area contributed by atoms with Crippen LogP contribution >= 0.6 is 0 Å². The van der Waals surface area contributed by atoms with Crippen LogP contribution in [-0.2, 0) is 4.94 Å². The van der Waals surface area contributed by atoms with Crippen LogP contribution < -0.4 is 20.5 Å². The molecule has 2 aromatic heterocycles. The number of hydrogen-bond acceptors (Lipinski definition) is 4. The molecule has 0 amide bonds. The predicted octanol–water partition coefficient (Wildman–Crippen LogP) is 6.74. The van der Waals surface area contributed by atoms with Gasteiger partial charge in [0.1, 0.15) is 13.9 Å². The third-order valence-corrected chi connectivity index (χ3v) is 11.3. The van der Waals surface area contributed by atoms with E-state index in [4.69, 9.17) is 9.05 Å². The van der Waals surface area contributed by atoms with Crippen molar-refractivity contribution >= 4 is 57.3 Å². The fourth-order valence-corrected chi connectivity index (χ4v) is 7.99. The molecule has 0 N–H and O–H groups in total. The quantitative estimate of drug-likeness (QED) is 0.237. The van der Waals surface area contributed by atoms with E-state index in [-0.39, 0.29) is 5.56 Å². The van der Waals surface area contributed by atoms with Crippen LogP contribution in [-0.4, -0.2) is 24.7 Å². The average Bonchev–Trinajstić information content (AvgIpc) is 3.51. The molecule has 0 saturated heterocycles. The largest absolute Gasteiger partial charge is 0.294 e. The highest BCUT2D eigenvalue weighted by atomic mass is 28.3. The van der Waals surface area contributed by atoms with Crippen LogP contribution in [0.4, 0.5) is 17.1 Å². The maximum Gasteiger partial charge on any atom is 0.137 e. The van der Waals surface area contributed by atoms with E-state index in [1.165, 1.54) is 10.4 Å². The van der Waals surface area contributed by atoms with Crippen molar-refractivity contribution in [3.8, 4) is 5.82 Å². The number of fused-ring (bicyclic) bond motifs is 4. The highest BCUT2D eigenvalue weighted by Gasteiger charge is 2.30. The van der Waals surface area contributed by atoms with Crippen LogP contribution in [0, 0.1) is 6.85 Å². The minimum atomic E-state index is -2.21. The summed E-state index contributed by atoms with van der Waals surface area (Å²) in [5.74, 6) is 0.599. The summed E-state index contributed by atoms with van der Waals surface area (Å²) in [4.78, 5) is 10.7. The minimum absolute atomic E-state index is 0.275. The summed E-state index contributed by atoms with van der Waals surface area (Å²) in [5, 5.41) is 8.43. The standard InChI is InChI=1S/C33H30N4OSi/c1-23-18-19-34-33(20-23)36-29-13-6-5-12-27(29)28-17-16-26(22-32(28)36)39(3,4)25-11-9-10-24(21-25)37-31-15-8-7-14-30(31)35(2)38-37/h5-22H,1-4H3/i1D3. The predicted molar refractivity (Wildman–Crippen MR) is 165 cm³/mol. The second-order valence-electron chi connectivity index (χ2n) is 10.5. The van der Waals surface area contributed by atoms with Gasteiger partial charge in [-0.1, -0.05) is 78.1 Å². The third kappa shape index (κ3) is 3.75. The average molecular weight is 530 g/mol. The Morgan fingerprint density at radius 3 is 2.38 bits per heavy atom. The number of pyridine rings is 1. The van der Waals surface area contributed by atoms with Gasteiger partial charge in [-0.2, -0.15) is 5.06 Å². The Morgan fingerprint density at radius 1 is 0.744 bits per heavy atom. The Kier molecular flexibility index (Phi) is 4.65. The summed E-state index contributed by atoms with van der Waals surface area (Å²) in [6, 6.07) is 35.0. The lowest BCUT2D eigenvalue weighted by atomic mass is 10.1. The molecular weight excluding hydrogens is 496 g/mol. The summed E-state index contributed by atoms with van der Waals surface area (Å²) in [6.45, 7) is 2.51. The van der Waals surface area contributed by atoms with E-state index in [1.54, 1.807) is 23.4 Å². The second kappa shape index (κ2) is 8.83. The lowest BCUT2D eigenvalue weighted by molar-refractivity contribution is 0.142. The van der Waals surface area contributed by atoms with Gasteiger partial charge < -0.3 is 0 Å². The van der Waals surface area contributed by atoms with Crippen molar-refractivity contribution in [2.75, 3.05) is 17.2 Å². The lowest BCUT2D eigenvalue weighted by Crippen LogP contribution is -2.52. The maximum absolute atomic E-state index is 7.95. The van der Waals surface area contributed by atoms with Crippen LogP contribution in [0.1, 0.15) is 9.68 Å². The molecule has 0 radical (unpaired) electrons. The Balaban J connectivity index is 1.36. The summed E-state index contributed by atoms with van der Waals surface area (Å²) >= 11 is 0. The molecule has 3 heterocycles. The van der Waals surface area contributed by atoms with Crippen molar-refractivity contribution < 1.29 is 9.05 Å². The van der Waals surface area contributed by atoms with Gasteiger partial charge in [-0.05, 0) is 60.9 Å². The maximum atomic E-state index is 7.95. The zero-order valence-corrected chi connectivity index (χ0v) is 23.1. The Bertz CT molecular complexity index is 1980. The van der Waals surface area contributed by atoms with Crippen LogP contribution in [0.2, 0.25) is 13.1 Å². The van der Waals surface area contributed by atoms with Crippen molar-refractivity contribution in [2.45, 2.75) is 19.9 Å². The van der Waals surface area contributed by atoms with E-state index in [9.17, 15) is 0 Å². The van der Waals surface area contributed by atoms with Crippen molar-refractivity contribution in [1.29, 1.82) is 0 Å². The van der Waals surface area contributed by atoms with E-state index in [0.29, 0.717) is 5.82 Å². The monoisotopic (exact) mass is 529 g/mol. The van der Waals surface area contributed by atoms with Gasteiger partial charge >= 0.3 is 0 Å². The zero-order valence-electron chi connectivity index (χ0n) is 25.1. The molecule has 0 aliphatic carbocycles. The Morgan fingerprint density at radius 2 is 1.51 bits per heavy atom. The first-order valence-electron chi connectivity index (χ1n) is 14.5. The molecule has 0 unspecified atom stereocenters. The normalized spacial score (nSPS) is 14.9. The first kappa shape index (κ1) is 20.6. The molecule has 0 bridgehead atoms. The van der Waals surface area contributed by atoms with Crippen molar-refractivity contribution in [3.63, 3.8) is 0 Å². The van der Waals surface area contributed by atoms with Gasteiger partial charge in [0, 0.05) is 28.1 Å². The van der Waals surface area contributed by atoms with Gasteiger partial charge in [0.25, 0.3) is 0 Å². The Hall–Kier alpha value is -4.39. The fourth-order valence-electron chi connectivity index (χ4n) is 5.63. The molecule has 0 atom stereocenters. The molecule has 1 aliphatic rings. The molecule has 0 spiro atoms. The van der Waals surface area contributed by atoms with Gasteiger partial charge in [0.05, 0.1) is 28.1 Å². The van der Waals surface area contributed by atoms with Crippen LogP contribution in [0.5, 0.6) is 0 Å². The second-order valence-corrected chi connectivity index (χ2v) is 14.9. The molecule has 6 heteroatoms. The number of anilines is 3. The fraction of sp³-hybridized carbons (Fsp3) is 0.121. The summed E-state index contributed by atoms with van der Waals surface area (Å²) in [7, 11) is -0.282. The molecule has 6 aromatic rings. The Labute approximate surface area is 233 Å². The van der Waals surface area contributed by atoms with Crippen LogP contribution in [0.15, 0.2) is 109 Å². The number of para-hydroxylation sites is 3. The van der Waals surface area contributed by atoms with E-state index >= 15 is 0 Å². The van der Waals surface area contributed by atoms with Crippen molar-refractivity contribution in [1.82, 2.24) is 9.55 Å². The van der Waals surface area contributed by atoms with Crippen LogP contribution in [0.25, 0.3) is 27.6 Å². The zero-order chi connectivity index (χ0) is 29.2. The molecule has 0 fully saturated rings. The molecule has 192 valence electrons. The smallest absolute Gasteiger partial charge is 0.137 e. The molecule has 5 nitrogen and oxygen atoms in total. The number of hydroxylamine groups is 1. The molecule has 39 heavy (non-hydrogen) atoms. The minimum Gasteiger partial charge on any atom is -0.294 e. The molecule has 0 saturated carbocycles. The highest BCUT2D eigenvalue weighted by Crippen LogP contribution is 2.40. The summed E-state index contributed by atoms with van der Waals surface area (Å²) < 4.78 is 25.9. The van der Waals surface area contributed by atoms with Gasteiger partial charge in [0.2, 0.25) is 0 Å². The first-order chi connectivity index (χ1) is 20.1. The van der Waals surface area contributed by atoms with E-state index in [1.807, 2.05) is 36.4 Å². The molecule has 1 aliphatic heterocycles. The van der Waals surface area contributed by atoms with Gasteiger partial charge in [0.15, 0.2) is 0 Å². The third-order valence-electron chi connectivity index (χ3n) is 7.82. The SMILES string of the molecule is [2H]C([2H])([2H])c1ccnc(-n2c3ccccc3c3ccc([Si](C)(C)c4cccc(N5ON(C)c6ccccc65)c4)cc32)c1. The number of nitrogens with zero attached hydrogens (tertiary/aromatic N) is 4. The summed E-state index contributed by atoms with van der Waals surface area (Å²) in [5.41, 5.74) is 5.29. The van der Waals surface area contributed by atoms with E-state index in [0.717, 1.165) is 38.9 Å². The molecule has 4 aromatic carbocycles. The number of aryl methyl sites for hydroxylation is 1. The van der Waals surface area contributed by atoms with Crippen molar-refractivity contribution in [3.05, 3.63) is 115 Å². The number of aromatic nitrogens is 2. The number of rotatable bonds is 4. The lowest BCUT2D eigenvalue weighted by Gasteiger charge is -2.26. The van der Waals surface area contributed by atoms with Crippen molar-refractivity contribution in [2.24, 2.45) is 0 Å². The van der Waals surface area contributed by atoms with Gasteiger partial charge in [-0.25, -0.2) is 10.0 Å². The first-order valence-corrected chi connectivity index (χ1v) is 16.0. The topological polar surface area (TPSA) is 33.5 Å². The van der Waals surface area contributed by atoms with Crippen LogP contribution in [0.3, 0.4) is 0 Å². The molecule has 7 rings (SSSR count). The summed E-state index contributed by atoms with van der Waals surface area (Å²) in [6.07, 6.45) is 1.59. The molecular formula is C33H30N4OSi. The van der Waals surface area contributed by atoms with Gasteiger partial charge in [-0.15, -0.1) is 4.94 Å². The van der Waals surface area contributed by atoms with E-state index < -0.39 is 14.9 Å². The highest BCUT2D eigenvalue weighted by molar-refractivity contribution is 7.00. The van der Waals surface area contributed by atoms with Gasteiger partial charge in [-0.3, -0.25) is 4.57 Å². The number of benzene rings is 4.